The molecular formula is C11H23NO3. The van der Waals surface area contributed by atoms with E-state index in [2.05, 4.69) is 4.90 Å². The number of unbranched alkanes of at least 4 members (excludes halogenated alkanes) is 3. The van der Waals surface area contributed by atoms with Gasteiger partial charge in [0, 0.05) is 13.0 Å². The minimum Gasteiger partial charge on any atom is -0.481 e. The molecule has 0 atom stereocenters. The van der Waals surface area contributed by atoms with Crippen LogP contribution in [0.5, 0.6) is 0 Å². The van der Waals surface area contributed by atoms with Crippen LogP contribution in [0.25, 0.3) is 0 Å². The Kier molecular flexibility index (Phi) is 9.52. The van der Waals surface area contributed by atoms with Gasteiger partial charge in [0.05, 0.1) is 0 Å². The van der Waals surface area contributed by atoms with E-state index in [1.54, 1.807) is 0 Å². The lowest BCUT2D eigenvalue weighted by Gasteiger charge is -2.15. The Morgan fingerprint density at radius 1 is 1.07 bits per heavy atom. The second kappa shape index (κ2) is 9.93. The molecule has 90 valence electrons. The Morgan fingerprint density at radius 2 is 1.67 bits per heavy atom. The van der Waals surface area contributed by atoms with Gasteiger partial charge in [-0.15, -0.1) is 0 Å². The summed E-state index contributed by atoms with van der Waals surface area (Å²) < 4.78 is 0. The maximum atomic E-state index is 10.3. The Labute approximate surface area is 91.9 Å². The third-order valence-corrected chi connectivity index (χ3v) is 2.38. The zero-order chi connectivity index (χ0) is 11.5. The van der Waals surface area contributed by atoms with E-state index >= 15 is 0 Å². The highest BCUT2D eigenvalue weighted by Gasteiger charge is 2.00. The third kappa shape index (κ3) is 11.3. The Bertz CT molecular complexity index is 162. The molecule has 0 rings (SSSR count). The van der Waals surface area contributed by atoms with Crippen LogP contribution >= 0.6 is 0 Å². The molecule has 0 aliphatic carbocycles. The highest BCUT2D eigenvalue weighted by Crippen LogP contribution is 2.01. The fourth-order valence-electron chi connectivity index (χ4n) is 1.46. The second-order valence-corrected chi connectivity index (χ2v) is 3.94. The average molecular weight is 217 g/mol. The van der Waals surface area contributed by atoms with E-state index in [0.717, 1.165) is 45.2 Å². The topological polar surface area (TPSA) is 60.8 Å². The SMILES string of the molecule is CN(CCCCCCO)CCCC(=O)O. The van der Waals surface area contributed by atoms with E-state index in [-0.39, 0.29) is 13.0 Å². The lowest BCUT2D eigenvalue weighted by Crippen LogP contribution is -2.21. The number of rotatable bonds is 10. The van der Waals surface area contributed by atoms with Crippen LogP contribution in [0.1, 0.15) is 38.5 Å². The Hall–Kier alpha value is -0.610. The van der Waals surface area contributed by atoms with Gasteiger partial charge in [-0.3, -0.25) is 4.79 Å². The fraction of sp³-hybridized carbons (Fsp3) is 0.909. The van der Waals surface area contributed by atoms with Gasteiger partial charge < -0.3 is 15.1 Å². The zero-order valence-electron chi connectivity index (χ0n) is 9.61. The van der Waals surface area contributed by atoms with Gasteiger partial charge in [-0.25, -0.2) is 0 Å². The molecule has 15 heavy (non-hydrogen) atoms. The number of hydrogen-bond donors (Lipinski definition) is 2. The monoisotopic (exact) mass is 217 g/mol. The number of aliphatic carboxylic acids is 1. The first kappa shape index (κ1) is 14.4. The molecule has 4 nitrogen and oxygen atoms in total. The number of carboxylic acids is 1. The molecule has 0 bridgehead atoms. The average Bonchev–Trinajstić information content (AvgIpc) is 2.17. The molecule has 0 amide bonds. The number of aliphatic hydroxyl groups is 1. The molecule has 0 fully saturated rings. The van der Waals surface area contributed by atoms with Crippen molar-refractivity contribution < 1.29 is 15.0 Å². The summed E-state index contributed by atoms with van der Waals surface area (Å²) in [5.41, 5.74) is 0. The summed E-state index contributed by atoms with van der Waals surface area (Å²) >= 11 is 0. The van der Waals surface area contributed by atoms with Crippen LogP contribution in [0.2, 0.25) is 0 Å². The summed E-state index contributed by atoms with van der Waals surface area (Å²) in [4.78, 5) is 12.4. The minimum atomic E-state index is -0.716. The molecule has 4 heteroatoms. The smallest absolute Gasteiger partial charge is 0.303 e. The van der Waals surface area contributed by atoms with E-state index in [4.69, 9.17) is 10.2 Å². The van der Waals surface area contributed by atoms with Crippen LogP contribution in [0.4, 0.5) is 0 Å². The van der Waals surface area contributed by atoms with Crippen molar-refractivity contribution in [2.24, 2.45) is 0 Å². The lowest BCUT2D eigenvalue weighted by molar-refractivity contribution is -0.137. The van der Waals surface area contributed by atoms with Crippen molar-refractivity contribution in [3.05, 3.63) is 0 Å². The number of hydrogen-bond acceptors (Lipinski definition) is 3. The highest BCUT2D eigenvalue weighted by molar-refractivity contribution is 5.66. The zero-order valence-corrected chi connectivity index (χ0v) is 9.61. The first-order valence-electron chi connectivity index (χ1n) is 5.68. The van der Waals surface area contributed by atoms with Gasteiger partial charge in [-0.1, -0.05) is 12.8 Å². The molecule has 0 saturated carbocycles. The standard InChI is InChI=1S/C11H23NO3/c1-12(9-6-7-11(14)15)8-4-2-3-5-10-13/h13H,2-10H2,1H3,(H,14,15). The molecule has 0 aromatic carbocycles. The van der Waals surface area contributed by atoms with Crippen LogP contribution in [0.15, 0.2) is 0 Å². The van der Waals surface area contributed by atoms with Crippen LogP contribution in [-0.4, -0.2) is 47.8 Å². The molecule has 0 unspecified atom stereocenters. The first-order chi connectivity index (χ1) is 7.16. The first-order valence-corrected chi connectivity index (χ1v) is 5.68. The van der Waals surface area contributed by atoms with Crippen molar-refractivity contribution in [1.82, 2.24) is 4.90 Å². The molecule has 0 heterocycles. The molecule has 0 saturated heterocycles. The van der Waals surface area contributed by atoms with Gasteiger partial charge in [0.15, 0.2) is 0 Å². The van der Waals surface area contributed by atoms with Gasteiger partial charge in [0.25, 0.3) is 0 Å². The molecule has 0 radical (unpaired) electrons. The van der Waals surface area contributed by atoms with E-state index in [0.29, 0.717) is 0 Å². The summed E-state index contributed by atoms with van der Waals surface area (Å²) in [7, 11) is 2.02. The molecular weight excluding hydrogens is 194 g/mol. The van der Waals surface area contributed by atoms with Gasteiger partial charge >= 0.3 is 5.97 Å². The van der Waals surface area contributed by atoms with Crippen LogP contribution in [0, 0.1) is 0 Å². The van der Waals surface area contributed by atoms with Gasteiger partial charge in [-0.05, 0) is 39.4 Å². The largest absolute Gasteiger partial charge is 0.481 e. The van der Waals surface area contributed by atoms with E-state index < -0.39 is 5.97 Å². The molecule has 0 aliphatic rings. The van der Waals surface area contributed by atoms with Gasteiger partial charge in [-0.2, -0.15) is 0 Å². The number of aliphatic hydroxyl groups excluding tert-OH is 1. The summed E-state index contributed by atoms with van der Waals surface area (Å²) in [6.07, 6.45) is 5.23. The van der Waals surface area contributed by atoms with Crippen LogP contribution in [-0.2, 0) is 4.79 Å². The second-order valence-electron chi connectivity index (χ2n) is 3.94. The summed E-state index contributed by atoms with van der Waals surface area (Å²) in [6, 6.07) is 0. The predicted molar refractivity (Wildman–Crippen MR) is 59.9 cm³/mol. The van der Waals surface area contributed by atoms with E-state index in [1.807, 2.05) is 7.05 Å². The fourth-order valence-corrected chi connectivity index (χ4v) is 1.46. The summed E-state index contributed by atoms with van der Waals surface area (Å²) in [5.74, 6) is -0.716. The normalized spacial score (nSPS) is 10.9. The predicted octanol–water partition coefficient (Wildman–Crippen LogP) is 1.34. The maximum Gasteiger partial charge on any atom is 0.303 e. The van der Waals surface area contributed by atoms with E-state index in [1.165, 1.54) is 0 Å². The van der Waals surface area contributed by atoms with Crippen molar-refractivity contribution >= 4 is 5.97 Å². The third-order valence-electron chi connectivity index (χ3n) is 2.38. The number of carboxylic acid groups (broad SMARTS) is 1. The Balaban J connectivity index is 3.18. The van der Waals surface area contributed by atoms with E-state index in [9.17, 15) is 4.79 Å². The molecule has 0 spiro atoms. The van der Waals surface area contributed by atoms with Gasteiger partial charge in [0.2, 0.25) is 0 Å². The van der Waals surface area contributed by atoms with Crippen molar-refractivity contribution in [3.63, 3.8) is 0 Å². The molecule has 2 N–H and O–H groups in total. The van der Waals surface area contributed by atoms with Crippen molar-refractivity contribution in [1.29, 1.82) is 0 Å². The van der Waals surface area contributed by atoms with Crippen molar-refractivity contribution in [3.8, 4) is 0 Å². The maximum absolute atomic E-state index is 10.3. The number of carbonyl (C=O) groups is 1. The van der Waals surface area contributed by atoms with Crippen molar-refractivity contribution in [2.75, 3.05) is 26.7 Å². The lowest BCUT2D eigenvalue weighted by atomic mass is 10.2. The number of nitrogens with zero attached hydrogens (tertiary/aromatic N) is 1. The van der Waals surface area contributed by atoms with Crippen LogP contribution in [0.3, 0.4) is 0 Å². The van der Waals surface area contributed by atoms with Crippen molar-refractivity contribution in [2.45, 2.75) is 38.5 Å². The summed E-state index contributed by atoms with van der Waals surface area (Å²) in [6.45, 7) is 2.16. The molecule has 0 aliphatic heterocycles. The summed E-state index contributed by atoms with van der Waals surface area (Å²) in [5, 5.41) is 17.0. The minimum absolute atomic E-state index is 0.259. The Morgan fingerprint density at radius 3 is 2.27 bits per heavy atom. The molecule has 0 aromatic rings. The quantitative estimate of drug-likeness (QED) is 0.542. The van der Waals surface area contributed by atoms with Gasteiger partial charge in [0.1, 0.15) is 0 Å². The van der Waals surface area contributed by atoms with Crippen LogP contribution < -0.4 is 0 Å². The highest BCUT2D eigenvalue weighted by atomic mass is 16.4. The molecule has 0 aromatic heterocycles.